The van der Waals surface area contributed by atoms with E-state index in [4.69, 9.17) is 0 Å². The van der Waals surface area contributed by atoms with Crippen LogP contribution in [-0.2, 0) is 28.2 Å². The average Bonchev–Trinajstić information content (AvgIpc) is 3.33. The molecule has 28 heavy (non-hydrogen) atoms. The van der Waals surface area contributed by atoms with Crippen LogP contribution in [0.25, 0.3) is 0 Å². The Morgan fingerprint density at radius 3 is 2.25 bits per heavy atom. The smallest absolute Gasteiger partial charge is 0.267 e. The van der Waals surface area contributed by atoms with Crippen molar-refractivity contribution in [3.8, 4) is 0 Å². The van der Waals surface area contributed by atoms with E-state index in [0.29, 0.717) is 5.69 Å². The molecule has 3 rings (SSSR count). The Morgan fingerprint density at radius 2 is 1.75 bits per heavy atom. The summed E-state index contributed by atoms with van der Waals surface area (Å²) in [5.41, 5.74) is 0.499. The van der Waals surface area contributed by atoms with E-state index in [9.17, 15) is 21.6 Å². The lowest BCUT2D eigenvalue weighted by atomic mass is 9.87. The number of halogens is 3. The Bertz CT molecular complexity index is 938. The van der Waals surface area contributed by atoms with Gasteiger partial charge in [0.15, 0.2) is 5.69 Å². The van der Waals surface area contributed by atoms with Gasteiger partial charge >= 0.3 is 6.18 Å². The van der Waals surface area contributed by atoms with Gasteiger partial charge in [0.05, 0.1) is 11.4 Å². The predicted octanol–water partition coefficient (Wildman–Crippen LogP) is 4.06. The van der Waals surface area contributed by atoms with Gasteiger partial charge in [0.1, 0.15) is 0 Å². The molecule has 1 fully saturated rings. The molecule has 0 atom stereocenters. The molecule has 1 aliphatic carbocycles. The van der Waals surface area contributed by atoms with Crippen molar-refractivity contribution in [3.63, 3.8) is 0 Å². The zero-order valence-electron chi connectivity index (χ0n) is 16.0. The summed E-state index contributed by atoms with van der Waals surface area (Å²) < 4.78 is 67.4. The number of aromatic nitrogens is 2. The minimum Gasteiger partial charge on any atom is -0.267 e. The normalized spacial score (nSPS) is 15.8. The lowest BCUT2D eigenvalue weighted by molar-refractivity contribution is -0.141. The van der Waals surface area contributed by atoms with Crippen LogP contribution in [0.1, 0.15) is 56.5 Å². The Balaban J connectivity index is 1.68. The molecule has 2 aromatic rings. The van der Waals surface area contributed by atoms with E-state index in [1.54, 1.807) is 12.1 Å². The van der Waals surface area contributed by atoms with Gasteiger partial charge in [-0.05, 0) is 42.0 Å². The van der Waals surface area contributed by atoms with Crippen molar-refractivity contribution in [3.05, 3.63) is 47.3 Å². The second-order valence-corrected chi connectivity index (χ2v) is 9.89. The molecule has 1 N–H and O–H groups in total. The van der Waals surface area contributed by atoms with Gasteiger partial charge in [-0.3, -0.25) is 4.68 Å². The number of rotatable bonds is 6. The van der Waals surface area contributed by atoms with E-state index in [0.717, 1.165) is 24.5 Å². The number of alkyl halides is 3. The Kier molecular flexibility index (Phi) is 5.35. The zero-order chi connectivity index (χ0) is 20.7. The van der Waals surface area contributed by atoms with Crippen molar-refractivity contribution in [2.24, 2.45) is 0 Å². The van der Waals surface area contributed by atoms with Crippen LogP contribution >= 0.6 is 0 Å². The van der Waals surface area contributed by atoms with E-state index in [2.05, 4.69) is 9.82 Å². The van der Waals surface area contributed by atoms with Crippen LogP contribution in [-0.4, -0.2) is 24.7 Å². The van der Waals surface area contributed by atoms with Gasteiger partial charge in [0, 0.05) is 18.2 Å². The fourth-order valence-corrected chi connectivity index (χ4v) is 3.98. The molecule has 0 saturated heterocycles. The summed E-state index contributed by atoms with van der Waals surface area (Å²) in [6.07, 6.45) is -2.85. The van der Waals surface area contributed by atoms with Crippen LogP contribution in [0.4, 0.5) is 13.2 Å². The molecule has 1 saturated carbocycles. The van der Waals surface area contributed by atoms with E-state index < -0.39 is 21.9 Å². The molecule has 0 spiro atoms. The second-order valence-electron chi connectivity index (χ2n) is 8.12. The van der Waals surface area contributed by atoms with Crippen molar-refractivity contribution in [2.75, 3.05) is 6.54 Å². The summed E-state index contributed by atoms with van der Waals surface area (Å²) in [6.45, 7) is 6.10. The summed E-state index contributed by atoms with van der Waals surface area (Å²) in [5.74, 6) is 0.0742. The standard InChI is InChI=1S/C19H24F3N3O2S/c1-18(2,3)14-6-8-15(9-7-14)28(26,27)23-10-11-25-16(13-4-5-13)12-17(24-25)19(20,21)22/h6-9,12-13,23H,4-5,10-11H2,1-3H3. The third-order valence-electron chi connectivity index (χ3n) is 4.74. The Hall–Kier alpha value is -1.87. The largest absolute Gasteiger partial charge is 0.435 e. The Labute approximate surface area is 163 Å². The number of hydrogen-bond donors (Lipinski definition) is 1. The molecule has 0 bridgehead atoms. The first kappa shape index (κ1) is 20.9. The number of benzene rings is 1. The summed E-state index contributed by atoms with van der Waals surface area (Å²) >= 11 is 0. The van der Waals surface area contributed by atoms with E-state index in [1.165, 1.54) is 16.8 Å². The maximum atomic E-state index is 12.9. The van der Waals surface area contributed by atoms with Crippen molar-refractivity contribution >= 4 is 10.0 Å². The van der Waals surface area contributed by atoms with Gasteiger partial charge in [-0.1, -0.05) is 32.9 Å². The first-order valence-electron chi connectivity index (χ1n) is 9.13. The summed E-state index contributed by atoms with van der Waals surface area (Å²) in [7, 11) is -3.75. The SMILES string of the molecule is CC(C)(C)c1ccc(S(=O)(=O)NCCn2nc(C(F)(F)F)cc2C2CC2)cc1. The van der Waals surface area contributed by atoms with Gasteiger partial charge in [0.25, 0.3) is 0 Å². The molecule has 5 nitrogen and oxygen atoms in total. The van der Waals surface area contributed by atoms with Gasteiger partial charge < -0.3 is 0 Å². The molecule has 1 aliphatic rings. The summed E-state index contributed by atoms with van der Waals surface area (Å²) in [5, 5.41) is 3.63. The van der Waals surface area contributed by atoms with Crippen molar-refractivity contribution in [1.29, 1.82) is 0 Å². The first-order chi connectivity index (χ1) is 12.9. The molecule has 0 aliphatic heterocycles. The quantitative estimate of drug-likeness (QED) is 0.774. The van der Waals surface area contributed by atoms with Gasteiger partial charge in [-0.25, -0.2) is 13.1 Å². The molecule has 0 unspecified atom stereocenters. The molecule has 0 amide bonds. The molecule has 154 valence electrons. The van der Waals surface area contributed by atoms with E-state index in [-0.39, 0.29) is 29.3 Å². The van der Waals surface area contributed by atoms with Crippen LogP contribution in [0, 0.1) is 0 Å². The molecule has 1 heterocycles. The van der Waals surface area contributed by atoms with Gasteiger partial charge in [0.2, 0.25) is 10.0 Å². The minimum atomic E-state index is -4.51. The summed E-state index contributed by atoms with van der Waals surface area (Å²) in [6, 6.07) is 7.67. The number of hydrogen-bond acceptors (Lipinski definition) is 3. The number of sulfonamides is 1. The van der Waals surface area contributed by atoms with Crippen molar-refractivity contribution in [1.82, 2.24) is 14.5 Å². The van der Waals surface area contributed by atoms with Crippen molar-refractivity contribution < 1.29 is 21.6 Å². The molecular weight excluding hydrogens is 391 g/mol. The highest BCUT2D eigenvalue weighted by Crippen LogP contribution is 2.42. The van der Waals surface area contributed by atoms with Crippen LogP contribution in [0.15, 0.2) is 35.2 Å². The monoisotopic (exact) mass is 415 g/mol. The lowest BCUT2D eigenvalue weighted by Gasteiger charge is -2.19. The maximum Gasteiger partial charge on any atom is 0.435 e. The maximum absolute atomic E-state index is 12.9. The molecular formula is C19H24F3N3O2S. The lowest BCUT2D eigenvalue weighted by Crippen LogP contribution is -2.28. The summed E-state index contributed by atoms with van der Waals surface area (Å²) in [4.78, 5) is 0.124. The second kappa shape index (κ2) is 7.18. The highest BCUT2D eigenvalue weighted by atomic mass is 32.2. The Morgan fingerprint density at radius 1 is 1.14 bits per heavy atom. The average molecular weight is 415 g/mol. The topological polar surface area (TPSA) is 64.0 Å². The third kappa shape index (κ3) is 4.75. The fraction of sp³-hybridized carbons (Fsp3) is 0.526. The zero-order valence-corrected chi connectivity index (χ0v) is 16.9. The molecule has 1 aromatic heterocycles. The van der Waals surface area contributed by atoms with Crippen LogP contribution in [0.2, 0.25) is 0 Å². The first-order valence-corrected chi connectivity index (χ1v) is 10.6. The highest BCUT2D eigenvalue weighted by Gasteiger charge is 2.37. The number of nitrogens with one attached hydrogen (secondary N) is 1. The number of nitrogens with zero attached hydrogens (tertiary/aromatic N) is 2. The predicted molar refractivity (Wildman–Crippen MR) is 99.5 cm³/mol. The van der Waals surface area contributed by atoms with Gasteiger partial charge in [-0.15, -0.1) is 0 Å². The van der Waals surface area contributed by atoms with E-state index in [1.807, 2.05) is 20.8 Å². The fourth-order valence-electron chi connectivity index (χ4n) is 2.96. The van der Waals surface area contributed by atoms with E-state index >= 15 is 0 Å². The highest BCUT2D eigenvalue weighted by molar-refractivity contribution is 7.89. The molecule has 1 aromatic carbocycles. The van der Waals surface area contributed by atoms with Crippen LogP contribution in [0.5, 0.6) is 0 Å². The van der Waals surface area contributed by atoms with Crippen molar-refractivity contribution in [2.45, 2.75) is 62.6 Å². The van der Waals surface area contributed by atoms with Gasteiger partial charge in [-0.2, -0.15) is 18.3 Å². The minimum absolute atomic E-state index is 0.0396. The molecule has 0 radical (unpaired) electrons. The molecule has 9 heteroatoms. The van der Waals surface area contributed by atoms with Crippen LogP contribution < -0.4 is 4.72 Å². The third-order valence-corrected chi connectivity index (χ3v) is 6.22. The van der Waals surface area contributed by atoms with Crippen LogP contribution in [0.3, 0.4) is 0 Å².